The van der Waals surface area contributed by atoms with Crippen molar-refractivity contribution >= 4 is 11.9 Å². The molecule has 4 atom stereocenters. The van der Waals surface area contributed by atoms with Crippen LogP contribution in [0.4, 0.5) is 0 Å². The molecule has 0 saturated carbocycles. The van der Waals surface area contributed by atoms with Gasteiger partial charge in [-0.1, -0.05) is 50.6 Å². The van der Waals surface area contributed by atoms with E-state index in [1.54, 1.807) is 0 Å². The highest BCUT2D eigenvalue weighted by molar-refractivity contribution is 5.83. The van der Waals surface area contributed by atoms with Gasteiger partial charge in [0.15, 0.2) is 0 Å². The molecule has 0 radical (unpaired) electrons. The van der Waals surface area contributed by atoms with E-state index in [9.17, 15) is 9.59 Å². The van der Waals surface area contributed by atoms with Crippen LogP contribution in [0.1, 0.15) is 25.8 Å². The van der Waals surface area contributed by atoms with Gasteiger partial charge in [-0.15, -0.1) is 0 Å². The molecule has 0 spiro atoms. The van der Waals surface area contributed by atoms with Crippen LogP contribution in [0.25, 0.3) is 0 Å². The number of rotatable bonds is 7. The monoisotopic (exact) mass is 305 g/mol. The van der Waals surface area contributed by atoms with E-state index < -0.39 is 6.04 Å². The van der Waals surface area contributed by atoms with Crippen molar-refractivity contribution in [2.45, 2.75) is 39.0 Å². The number of ether oxygens (including phenoxy) is 2. The van der Waals surface area contributed by atoms with Gasteiger partial charge in [-0.25, -0.2) is 0 Å². The first-order chi connectivity index (χ1) is 10.6. The number of benzene rings is 1. The molecule has 22 heavy (non-hydrogen) atoms. The van der Waals surface area contributed by atoms with Gasteiger partial charge in [0, 0.05) is 6.54 Å². The van der Waals surface area contributed by atoms with Crippen molar-refractivity contribution in [1.29, 1.82) is 0 Å². The summed E-state index contributed by atoms with van der Waals surface area (Å²) < 4.78 is 10.2. The minimum atomic E-state index is -0.391. The first-order valence-corrected chi connectivity index (χ1v) is 7.62. The van der Waals surface area contributed by atoms with Crippen LogP contribution in [0, 0.1) is 5.92 Å². The molecule has 0 aliphatic carbocycles. The number of methoxy groups -OCH3 is 1. The normalized spacial score (nSPS) is 22.5. The van der Waals surface area contributed by atoms with Gasteiger partial charge < -0.3 is 9.47 Å². The standard InChI is InChI=1S/C17H23NO4/c1-4-12(2)15(18-10-14(18)16(19)21-3)17(20)22-11-13-8-6-5-7-9-13/h5-9,12,14-15H,4,10-11H2,1-3H3/t12?,14?,15-,18?/m0/s1. The summed E-state index contributed by atoms with van der Waals surface area (Å²) in [6, 6.07) is 8.87. The summed E-state index contributed by atoms with van der Waals surface area (Å²) in [5, 5.41) is 0. The van der Waals surface area contributed by atoms with Crippen molar-refractivity contribution in [2.75, 3.05) is 13.7 Å². The predicted octanol–water partition coefficient (Wildman–Crippen LogP) is 2.00. The van der Waals surface area contributed by atoms with E-state index in [4.69, 9.17) is 9.47 Å². The van der Waals surface area contributed by atoms with E-state index in [0.717, 1.165) is 12.0 Å². The lowest BCUT2D eigenvalue weighted by molar-refractivity contribution is -0.152. The summed E-state index contributed by atoms with van der Waals surface area (Å²) >= 11 is 0. The predicted molar refractivity (Wildman–Crippen MR) is 82.0 cm³/mol. The van der Waals surface area contributed by atoms with Crippen LogP contribution >= 0.6 is 0 Å². The SMILES string of the molecule is CCC(C)[C@@H](C(=O)OCc1ccccc1)N1CC1C(=O)OC. The third kappa shape index (κ3) is 3.85. The molecule has 0 amide bonds. The molecule has 3 unspecified atom stereocenters. The second-order valence-corrected chi connectivity index (χ2v) is 5.66. The summed E-state index contributed by atoms with van der Waals surface area (Å²) in [4.78, 5) is 25.9. The summed E-state index contributed by atoms with van der Waals surface area (Å²) in [6.45, 7) is 4.84. The molecule has 5 nitrogen and oxygen atoms in total. The Bertz CT molecular complexity index is 517. The van der Waals surface area contributed by atoms with Crippen molar-refractivity contribution in [2.24, 2.45) is 5.92 Å². The number of hydrogen-bond acceptors (Lipinski definition) is 5. The number of carbonyl (C=O) groups is 2. The minimum absolute atomic E-state index is 0.123. The largest absolute Gasteiger partial charge is 0.468 e. The average Bonchev–Trinajstić information content (AvgIpc) is 3.33. The van der Waals surface area contributed by atoms with Gasteiger partial charge in [0.05, 0.1) is 7.11 Å². The lowest BCUT2D eigenvalue weighted by atomic mass is 9.99. The van der Waals surface area contributed by atoms with Gasteiger partial charge in [0.2, 0.25) is 0 Å². The highest BCUT2D eigenvalue weighted by Gasteiger charge is 2.50. The summed E-state index contributed by atoms with van der Waals surface area (Å²) in [7, 11) is 1.37. The molecule has 1 aliphatic rings. The molecular formula is C17H23NO4. The third-order valence-corrected chi connectivity index (χ3v) is 4.13. The Kier molecular flexibility index (Phi) is 5.55. The van der Waals surface area contributed by atoms with Gasteiger partial charge in [-0.2, -0.15) is 0 Å². The summed E-state index contributed by atoms with van der Waals surface area (Å²) in [5.74, 6) is -0.438. The molecule has 1 saturated heterocycles. The molecule has 0 aromatic heterocycles. The van der Waals surface area contributed by atoms with Crippen molar-refractivity contribution < 1.29 is 19.1 Å². The van der Waals surface area contributed by atoms with Crippen LogP contribution in [-0.2, 0) is 25.7 Å². The number of carbonyl (C=O) groups excluding carboxylic acids is 2. The maximum atomic E-state index is 12.4. The molecule has 0 N–H and O–H groups in total. The fourth-order valence-electron chi connectivity index (χ4n) is 2.54. The Hall–Kier alpha value is -1.88. The van der Waals surface area contributed by atoms with E-state index in [2.05, 4.69) is 0 Å². The van der Waals surface area contributed by atoms with E-state index in [1.165, 1.54) is 7.11 Å². The molecule has 1 fully saturated rings. The lowest BCUT2D eigenvalue weighted by Crippen LogP contribution is -2.38. The molecule has 1 aromatic carbocycles. The first-order valence-electron chi connectivity index (χ1n) is 7.62. The van der Waals surface area contributed by atoms with E-state index in [1.807, 2.05) is 49.1 Å². The van der Waals surface area contributed by atoms with Gasteiger partial charge in [0.1, 0.15) is 18.7 Å². The van der Waals surface area contributed by atoms with Crippen molar-refractivity contribution in [3.05, 3.63) is 35.9 Å². The quantitative estimate of drug-likeness (QED) is 0.570. The Balaban J connectivity index is 1.97. The van der Waals surface area contributed by atoms with Crippen LogP contribution in [0.2, 0.25) is 0 Å². The zero-order valence-electron chi connectivity index (χ0n) is 13.3. The van der Waals surface area contributed by atoms with Gasteiger partial charge >= 0.3 is 11.9 Å². The number of hydrogen-bond donors (Lipinski definition) is 0. The highest BCUT2D eigenvalue weighted by Crippen LogP contribution is 2.29. The van der Waals surface area contributed by atoms with Gasteiger partial charge in [0.25, 0.3) is 0 Å². The molecule has 1 aromatic rings. The zero-order chi connectivity index (χ0) is 16.1. The second-order valence-electron chi connectivity index (χ2n) is 5.66. The Morgan fingerprint density at radius 1 is 1.32 bits per heavy atom. The Labute approximate surface area is 131 Å². The molecule has 1 aliphatic heterocycles. The average molecular weight is 305 g/mol. The van der Waals surface area contributed by atoms with Crippen molar-refractivity contribution in [3.8, 4) is 0 Å². The summed E-state index contributed by atoms with van der Waals surface area (Å²) in [5.41, 5.74) is 0.953. The van der Waals surface area contributed by atoms with Gasteiger partial charge in [-0.05, 0) is 11.5 Å². The van der Waals surface area contributed by atoms with Crippen LogP contribution in [0.3, 0.4) is 0 Å². The van der Waals surface area contributed by atoms with Crippen molar-refractivity contribution in [1.82, 2.24) is 4.90 Å². The molecule has 0 bridgehead atoms. The van der Waals surface area contributed by atoms with E-state index >= 15 is 0 Å². The fourth-order valence-corrected chi connectivity index (χ4v) is 2.54. The van der Waals surface area contributed by atoms with Crippen molar-refractivity contribution in [3.63, 3.8) is 0 Å². The number of esters is 2. The van der Waals surface area contributed by atoms with Crippen LogP contribution in [-0.4, -0.2) is 42.6 Å². The van der Waals surface area contributed by atoms with E-state index in [0.29, 0.717) is 6.54 Å². The van der Waals surface area contributed by atoms with Gasteiger partial charge in [-0.3, -0.25) is 14.5 Å². The lowest BCUT2D eigenvalue weighted by Gasteiger charge is -2.23. The maximum Gasteiger partial charge on any atom is 0.324 e. The minimum Gasteiger partial charge on any atom is -0.468 e. The molecule has 1 heterocycles. The van der Waals surface area contributed by atoms with Crippen LogP contribution in [0.15, 0.2) is 30.3 Å². The zero-order valence-corrected chi connectivity index (χ0v) is 13.3. The molecule has 5 heteroatoms. The first kappa shape index (κ1) is 16.5. The Morgan fingerprint density at radius 3 is 2.59 bits per heavy atom. The second kappa shape index (κ2) is 7.40. The smallest absolute Gasteiger partial charge is 0.324 e. The third-order valence-electron chi connectivity index (χ3n) is 4.13. The van der Waals surface area contributed by atoms with E-state index in [-0.39, 0.29) is 30.5 Å². The van der Waals surface area contributed by atoms with Crippen LogP contribution < -0.4 is 0 Å². The molecular weight excluding hydrogens is 282 g/mol. The molecule has 2 rings (SSSR count). The number of nitrogens with zero attached hydrogens (tertiary/aromatic N) is 1. The highest BCUT2D eigenvalue weighted by atomic mass is 16.5. The fraction of sp³-hybridized carbons (Fsp3) is 0.529. The Morgan fingerprint density at radius 2 is 2.00 bits per heavy atom. The summed E-state index contributed by atoms with van der Waals surface area (Å²) in [6.07, 6.45) is 0.843. The van der Waals surface area contributed by atoms with Crippen LogP contribution in [0.5, 0.6) is 0 Å². The maximum absolute atomic E-state index is 12.4. The topological polar surface area (TPSA) is 55.6 Å². The molecule has 120 valence electrons.